The normalized spacial score (nSPS) is 9.94. The van der Waals surface area contributed by atoms with Crippen molar-refractivity contribution >= 4 is 17.6 Å². The molecule has 0 heterocycles. The molecule has 0 saturated carbocycles. The summed E-state index contributed by atoms with van der Waals surface area (Å²) in [6, 6.07) is 3.64. The molecule has 0 saturated heterocycles. The number of anilines is 1. The van der Waals surface area contributed by atoms with E-state index in [1.807, 2.05) is 0 Å². The van der Waals surface area contributed by atoms with Gasteiger partial charge in [-0.15, -0.1) is 0 Å². The number of aliphatic carboxylic acids is 1. The predicted molar refractivity (Wildman–Crippen MR) is 60.3 cm³/mol. The molecule has 0 atom stereocenters. The van der Waals surface area contributed by atoms with Crippen molar-refractivity contribution in [1.82, 2.24) is 0 Å². The highest BCUT2D eigenvalue weighted by Gasteiger charge is 2.09. The summed E-state index contributed by atoms with van der Waals surface area (Å²) in [6.45, 7) is 0.373. The quantitative estimate of drug-likeness (QED) is 0.651. The molecule has 0 aromatic heterocycles. The number of amides is 1. The smallest absolute Gasteiger partial charge is 0.303 e. The van der Waals surface area contributed by atoms with Gasteiger partial charge in [-0.3, -0.25) is 9.59 Å². The zero-order valence-electron chi connectivity index (χ0n) is 9.07. The monoisotopic (exact) mass is 240 g/mol. The van der Waals surface area contributed by atoms with E-state index in [0.29, 0.717) is 18.7 Å². The lowest BCUT2D eigenvalue weighted by Gasteiger charge is -2.09. The maximum absolute atomic E-state index is 12.9. The summed E-state index contributed by atoms with van der Waals surface area (Å²) in [7, 11) is 0. The Bertz CT molecular complexity index is 435. The van der Waals surface area contributed by atoms with Crippen molar-refractivity contribution in [3.8, 4) is 0 Å². The van der Waals surface area contributed by atoms with Crippen molar-refractivity contribution in [1.29, 1.82) is 0 Å². The fourth-order valence-corrected chi connectivity index (χ4v) is 1.34. The van der Waals surface area contributed by atoms with E-state index < -0.39 is 17.7 Å². The van der Waals surface area contributed by atoms with Crippen molar-refractivity contribution in [3.63, 3.8) is 0 Å². The molecule has 1 aromatic carbocycles. The molecule has 0 aliphatic rings. The summed E-state index contributed by atoms with van der Waals surface area (Å²) in [4.78, 5) is 21.3. The Morgan fingerprint density at radius 3 is 2.71 bits per heavy atom. The fraction of sp³-hybridized carbons (Fsp3) is 0.273. The van der Waals surface area contributed by atoms with Gasteiger partial charge < -0.3 is 16.2 Å². The molecule has 5 nitrogen and oxygen atoms in total. The summed E-state index contributed by atoms with van der Waals surface area (Å²) >= 11 is 0. The Labute approximate surface area is 97.4 Å². The Balaban J connectivity index is 2.64. The van der Waals surface area contributed by atoms with Gasteiger partial charge in [0.15, 0.2) is 0 Å². The van der Waals surface area contributed by atoms with E-state index in [1.165, 1.54) is 12.1 Å². The molecule has 0 radical (unpaired) electrons. The molecule has 6 heteroatoms. The second kappa shape index (κ2) is 5.83. The highest BCUT2D eigenvalue weighted by molar-refractivity contribution is 5.98. The van der Waals surface area contributed by atoms with Gasteiger partial charge in [0.05, 0.1) is 5.56 Å². The minimum atomic E-state index is -0.888. The largest absolute Gasteiger partial charge is 0.481 e. The third-order valence-corrected chi connectivity index (χ3v) is 2.13. The van der Waals surface area contributed by atoms with Crippen molar-refractivity contribution < 1.29 is 19.1 Å². The summed E-state index contributed by atoms with van der Waals surface area (Å²) in [5, 5.41) is 11.3. The van der Waals surface area contributed by atoms with Crippen LogP contribution in [0.3, 0.4) is 0 Å². The number of rotatable bonds is 6. The average Bonchev–Trinajstić information content (AvgIpc) is 2.25. The molecule has 4 N–H and O–H groups in total. The van der Waals surface area contributed by atoms with E-state index in [1.54, 1.807) is 0 Å². The third-order valence-electron chi connectivity index (χ3n) is 2.13. The molecule has 0 unspecified atom stereocenters. The molecule has 0 aliphatic heterocycles. The minimum absolute atomic E-state index is 0.0279. The summed E-state index contributed by atoms with van der Waals surface area (Å²) in [5.74, 6) is -2.17. The van der Waals surface area contributed by atoms with E-state index in [-0.39, 0.29) is 12.0 Å². The zero-order chi connectivity index (χ0) is 12.8. The van der Waals surface area contributed by atoms with Crippen LogP contribution in [0.2, 0.25) is 0 Å². The lowest BCUT2D eigenvalue weighted by molar-refractivity contribution is -0.137. The van der Waals surface area contributed by atoms with Crippen LogP contribution in [0.15, 0.2) is 18.2 Å². The van der Waals surface area contributed by atoms with Gasteiger partial charge in [0.25, 0.3) is 5.91 Å². The summed E-state index contributed by atoms with van der Waals surface area (Å²) in [6.07, 6.45) is 0.436. The third kappa shape index (κ3) is 4.10. The Kier molecular flexibility index (Phi) is 4.45. The number of hydrogen-bond donors (Lipinski definition) is 3. The summed E-state index contributed by atoms with van der Waals surface area (Å²) < 4.78 is 12.9. The van der Waals surface area contributed by atoms with Gasteiger partial charge in [-0.2, -0.15) is 0 Å². The van der Waals surface area contributed by atoms with Crippen LogP contribution >= 0.6 is 0 Å². The van der Waals surface area contributed by atoms with Crippen LogP contribution < -0.4 is 11.1 Å². The molecule has 1 rings (SSSR count). The fourth-order valence-electron chi connectivity index (χ4n) is 1.34. The van der Waals surface area contributed by atoms with Crippen molar-refractivity contribution in [2.45, 2.75) is 12.8 Å². The van der Waals surface area contributed by atoms with Crippen LogP contribution in [-0.4, -0.2) is 23.5 Å². The molecular formula is C11H13FN2O3. The zero-order valence-corrected chi connectivity index (χ0v) is 9.07. The number of nitrogens with two attached hydrogens (primary N) is 1. The van der Waals surface area contributed by atoms with E-state index >= 15 is 0 Å². The Morgan fingerprint density at radius 2 is 2.12 bits per heavy atom. The molecule has 17 heavy (non-hydrogen) atoms. The number of carboxylic acids is 1. The maximum atomic E-state index is 12.9. The van der Waals surface area contributed by atoms with Crippen LogP contribution in [0.4, 0.5) is 10.1 Å². The van der Waals surface area contributed by atoms with Gasteiger partial charge in [0.1, 0.15) is 5.82 Å². The summed E-state index contributed by atoms with van der Waals surface area (Å²) in [5.41, 5.74) is 5.56. The second-order valence-electron chi connectivity index (χ2n) is 3.48. The first kappa shape index (κ1) is 13.0. The first-order valence-corrected chi connectivity index (χ1v) is 5.05. The standard InChI is InChI=1S/C11H13FN2O3/c12-7-3-4-9(8(6-7)11(13)17)14-5-1-2-10(15)16/h3-4,6,14H,1-2,5H2,(H2,13,17)(H,15,16). The highest BCUT2D eigenvalue weighted by atomic mass is 19.1. The van der Waals surface area contributed by atoms with Gasteiger partial charge >= 0.3 is 5.97 Å². The second-order valence-corrected chi connectivity index (χ2v) is 3.48. The van der Waals surface area contributed by atoms with Crippen LogP contribution in [0, 0.1) is 5.82 Å². The predicted octanol–water partition coefficient (Wildman–Crippen LogP) is 1.20. The topological polar surface area (TPSA) is 92.4 Å². The van der Waals surface area contributed by atoms with Gasteiger partial charge in [-0.05, 0) is 24.6 Å². The van der Waals surface area contributed by atoms with Crippen LogP contribution in [0.25, 0.3) is 0 Å². The van der Waals surface area contributed by atoms with Crippen molar-refractivity contribution in [3.05, 3.63) is 29.6 Å². The maximum Gasteiger partial charge on any atom is 0.303 e. The molecule has 1 aromatic rings. The van der Waals surface area contributed by atoms with Crippen molar-refractivity contribution in [2.75, 3.05) is 11.9 Å². The minimum Gasteiger partial charge on any atom is -0.481 e. The first-order chi connectivity index (χ1) is 8.00. The average molecular weight is 240 g/mol. The van der Waals surface area contributed by atoms with Gasteiger partial charge in [-0.1, -0.05) is 0 Å². The molecule has 1 amide bonds. The van der Waals surface area contributed by atoms with E-state index in [0.717, 1.165) is 6.07 Å². The first-order valence-electron chi connectivity index (χ1n) is 5.05. The molecule has 0 fully saturated rings. The highest BCUT2D eigenvalue weighted by Crippen LogP contribution is 2.16. The van der Waals surface area contributed by atoms with E-state index in [9.17, 15) is 14.0 Å². The SMILES string of the molecule is NC(=O)c1cc(F)ccc1NCCCC(=O)O. The van der Waals surface area contributed by atoms with Gasteiger partial charge in [-0.25, -0.2) is 4.39 Å². The number of hydrogen-bond acceptors (Lipinski definition) is 3. The number of carboxylic acid groups (broad SMARTS) is 1. The van der Waals surface area contributed by atoms with Crippen LogP contribution in [0.5, 0.6) is 0 Å². The number of nitrogens with one attached hydrogen (secondary N) is 1. The molecular weight excluding hydrogens is 227 g/mol. The molecule has 0 bridgehead atoms. The number of halogens is 1. The number of benzene rings is 1. The Hall–Kier alpha value is -2.11. The van der Waals surface area contributed by atoms with Gasteiger partial charge in [0.2, 0.25) is 0 Å². The molecule has 0 aliphatic carbocycles. The molecule has 92 valence electrons. The molecule has 0 spiro atoms. The van der Waals surface area contributed by atoms with E-state index in [4.69, 9.17) is 10.8 Å². The Morgan fingerprint density at radius 1 is 1.41 bits per heavy atom. The van der Waals surface area contributed by atoms with Crippen LogP contribution in [-0.2, 0) is 4.79 Å². The number of carbonyl (C=O) groups is 2. The lowest BCUT2D eigenvalue weighted by atomic mass is 10.1. The van der Waals surface area contributed by atoms with Gasteiger partial charge in [0, 0.05) is 18.7 Å². The van der Waals surface area contributed by atoms with Crippen molar-refractivity contribution in [2.24, 2.45) is 5.73 Å². The lowest BCUT2D eigenvalue weighted by Crippen LogP contribution is -2.15. The van der Waals surface area contributed by atoms with Crippen LogP contribution in [0.1, 0.15) is 23.2 Å². The number of primary amides is 1. The number of carbonyl (C=O) groups excluding carboxylic acids is 1. The van der Waals surface area contributed by atoms with E-state index in [2.05, 4.69) is 5.32 Å².